The molecule has 39 heavy (non-hydrogen) atoms. The fraction of sp³-hybridized carbons (Fsp3) is 0.531. The lowest BCUT2D eigenvalue weighted by Crippen LogP contribution is -2.39. The van der Waals surface area contributed by atoms with E-state index in [1.807, 2.05) is 56.3 Å². The first kappa shape index (κ1) is 30.8. The van der Waals surface area contributed by atoms with Crippen LogP contribution in [0, 0.1) is 12.7 Å². The minimum absolute atomic E-state index is 0.166. The normalized spacial score (nSPS) is 17.4. The molecule has 3 rings (SSSR count). The lowest BCUT2D eigenvalue weighted by Gasteiger charge is -2.27. The summed E-state index contributed by atoms with van der Waals surface area (Å²) in [6, 6.07) is 11.6. The molecule has 0 aromatic heterocycles. The van der Waals surface area contributed by atoms with E-state index >= 15 is 0 Å². The van der Waals surface area contributed by atoms with Crippen LogP contribution >= 0.6 is 0 Å². The first-order valence-electron chi connectivity index (χ1n) is 14.2. The van der Waals surface area contributed by atoms with E-state index in [0.29, 0.717) is 38.2 Å². The highest BCUT2D eigenvalue weighted by atomic mass is 19.1. The molecule has 0 aliphatic carbocycles. The topological polar surface area (TPSA) is 68.2 Å². The van der Waals surface area contributed by atoms with Crippen molar-refractivity contribution >= 4 is 12.0 Å². The first-order chi connectivity index (χ1) is 18.8. The molecule has 0 radical (unpaired) electrons. The Morgan fingerprint density at radius 1 is 1.21 bits per heavy atom. The summed E-state index contributed by atoms with van der Waals surface area (Å²) in [7, 11) is 0. The van der Waals surface area contributed by atoms with E-state index in [2.05, 4.69) is 4.90 Å². The average molecular weight is 542 g/mol. The SMILES string of the molecule is CCOC(=O)CC/C=C/c1ccc(OCC)cc1[C@@H](C)OCC(O)CN1CCC[C@H]1Cc1ccc(C)c(F)c1. The fourth-order valence-electron chi connectivity index (χ4n) is 5.03. The Labute approximate surface area is 232 Å². The molecule has 0 amide bonds. The number of aliphatic hydroxyl groups is 1. The molecule has 3 atom stereocenters. The molecule has 1 aliphatic rings. The van der Waals surface area contributed by atoms with Crippen LogP contribution in [0.4, 0.5) is 4.39 Å². The summed E-state index contributed by atoms with van der Waals surface area (Å²) < 4.78 is 30.9. The molecular weight excluding hydrogens is 497 g/mol. The van der Waals surface area contributed by atoms with Gasteiger partial charge in [0.2, 0.25) is 0 Å². The summed E-state index contributed by atoms with van der Waals surface area (Å²) >= 11 is 0. The van der Waals surface area contributed by atoms with E-state index < -0.39 is 6.10 Å². The number of hydrogen-bond acceptors (Lipinski definition) is 6. The van der Waals surface area contributed by atoms with Crippen molar-refractivity contribution in [3.8, 4) is 5.75 Å². The maximum Gasteiger partial charge on any atom is 0.306 e. The minimum Gasteiger partial charge on any atom is -0.494 e. The van der Waals surface area contributed by atoms with Crippen molar-refractivity contribution < 1.29 is 28.5 Å². The molecule has 214 valence electrons. The lowest BCUT2D eigenvalue weighted by molar-refractivity contribution is -0.143. The maximum absolute atomic E-state index is 14.0. The molecule has 1 aliphatic heterocycles. The number of likely N-dealkylation sites (tertiary alicyclic amines) is 1. The number of benzene rings is 2. The van der Waals surface area contributed by atoms with E-state index in [9.17, 15) is 14.3 Å². The summed E-state index contributed by atoms with van der Waals surface area (Å²) in [5.74, 6) is 0.395. The number of β-amino-alcohol motifs (C(OH)–C–C–N with tert-alkyl or cyclic N) is 1. The largest absolute Gasteiger partial charge is 0.494 e. The van der Waals surface area contributed by atoms with Crippen LogP contribution in [0.3, 0.4) is 0 Å². The van der Waals surface area contributed by atoms with Gasteiger partial charge in [0.1, 0.15) is 11.6 Å². The molecule has 1 unspecified atom stereocenters. The monoisotopic (exact) mass is 541 g/mol. The Kier molecular flexibility index (Phi) is 12.4. The van der Waals surface area contributed by atoms with E-state index in [4.69, 9.17) is 14.2 Å². The second-order valence-corrected chi connectivity index (χ2v) is 10.2. The Bertz CT molecular complexity index is 1090. The number of ether oxygens (including phenoxy) is 3. The van der Waals surface area contributed by atoms with Gasteiger partial charge >= 0.3 is 5.97 Å². The van der Waals surface area contributed by atoms with E-state index in [1.165, 1.54) is 0 Å². The van der Waals surface area contributed by atoms with Gasteiger partial charge in [-0.05, 0) is 100 Å². The average Bonchev–Trinajstić information content (AvgIpc) is 3.34. The highest BCUT2D eigenvalue weighted by molar-refractivity contribution is 5.69. The molecule has 1 fully saturated rings. The molecule has 7 heteroatoms. The lowest BCUT2D eigenvalue weighted by atomic mass is 10.0. The van der Waals surface area contributed by atoms with Crippen molar-refractivity contribution in [3.05, 3.63) is 70.5 Å². The van der Waals surface area contributed by atoms with E-state index in [1.54, 1.807) is 19.9 Å². The van der Waals surface area contributed by atoms with Gasteiger partial charge in [0, 0.05) is 19.0 Å². The van der Waals surface area contributed by atoms with Crippen LogP contribution in [-0.2, 0) is 20.7 Å². The van der Waals surface area contributed by atoms with Gasteiger partial charge in [-0.25, -0.2) is 4.39 Å². The zero-order valence-electron chi connectivity index (χ0n) is 23.8. The second-order valence-electron chi connectivity index (χ2n) is 10.2. The summed E-state index contributed by atoms with van der Waals surface area (Å²) in [5, 5.41) is 10.8. The Hall–Kier alpha value is -2.74. The molecule has 2 aromatic carbocycles. The van der Waals surface area contributed by atoms with Crippen LogP contribution in [0.1, 0.15) is 74.8 Å². The molecule has 1 N–H and O–H groups in total. The predicted octanol–water partition coefficient (Wildman–Crippen LogP) is 6.03. The van der Waals surface area contributed by atoms with Crippen molar-refractivity contribution in [2.24, 2.45) is 0 Å². The standard InChI is InChI=1S/C32H44FNO5/c1-5-37-29-16-15-26(10-7-8-12-32(36)38-6-2)30(20-29)24(4)39-22-28(35)21-34-17-9-11-27(34)18-25-14-13-23(3)31(33)19-25/h7,10,13-16,19-20,24,27-28,35H,5-6,8-9,11-12,17-18,21-22H2,1-4H3/b10-7+/t24-,27+,28?/m1/s1. The number of halogens is 1. The first-order valence-corrected chi connectivity index (χ1v) is 14.2. The van der Waals surface area contributed by atoms with Crippen LogP contribution < -0.4 is 4.74 Å². The van der Waals surface area contributed by atoms with Gasteiger partial charge in [0.05, 0.1) is 32.0 Å². The third kappa shape index (κ3) is 9.75. The quantitative estimate of drug-likeness (QED) is 0.278. The smallest absolute Gasteiger partial charge is 0.306 e. The van der Waals surface area contributed by atoms with Gasteiger partial charge in [0.25, 0.3) is 0 Å². The Morgan fingerprint density at radius 2 is 2.03 bits per heavy atom. The van der Waals surface area contributed by atoms with Gasteiger partial charge in [-0.2, -0.15) is 0 Å². The summed E-state index contributed by atoms with van der Waals surface area (Å²) in [6.45, 7) is 10.1. The van der Waals surface area contributed by atoms with Crippen molar-refractivity contribution in [1.29, 1.82) is 0 Å². The number of rotatable bonds is 15. The number of allylic oxidation sites excluding steroid dienone is 1. The highest BCUT2D eigenvalue weighted by Gasteiger charge is 2.27. The van der Waals surface area contributed by atoms with Gasteiger partial charge in [-0.1, -0.05) is 30.4 Å². The third-order valence-electron chi connectivity index (χ3n) is 7.12. The van der Waals surface area contributed by atoms with Crippen molar-refractivity contribution in [2.45, 2.75) is 78.0 Å². The fourth-order valence-corrected chi connectivity index (χ4v) is 5.03. The summed E-state index contributed by atoms with van der Waals surface area (Å²) in [6.07, 6.45) is 6.85. The van der Waals surface area contributed by atoms with Crippen LogP contribution in [0.25, 0.3) is 6.08 Å². The zero-order chi connectivity index (χ0) is 28.2. The Balaban J connectivity index is 1.57. The highest BCUT2D eigenvalue weighted by Crippen LogP contribution is 2.28. The van der Waals surface area contributed by atoms with Gasteiger partial charge in [-0.3, -0.25) is 9.69 Å². The maximum atomic E-state index is 14.0. The van der Waals surface area contributed by atoms with Crippen LogP contribution in [-0.4, -0.2) is 61.0 Å². The number of esters is 1. The van der Waals surface area contributed by atoms with Crippen molar-refractivity contribution in [3.63, 3.8) is 0 Å². The van der Waals surface area contributed by atoms with Gasteiger partial charge in [0.15, 0.2) is 0 Å². The number of aliphatic hydroxyl groups excluding tert-OH is 1. The molecule has 2 aromatic rings. The molecular formula is C32H44FNO5. The van der Waals surface area contributed by atoms with Crippen LogP contribution in [0.15, 0.2) is 42.5 Å². The predicted molar refractivity (Wildman–Crippen MR) is 152 cm³/mol. The molecule has 0 spiro atoms. The minimum atomic E-state index is -0.638. The number of carbonyl (C=O) groups excluding carboxylic acids is 1. The van der Waals surface area contributed by atoms with Gasteiger partial charge in [-0.15, -0.1) is 0 Å². The number of carbonyl (C=O) groups is 1. The van der Waals surface area contributed by atoms with Crippen LogP contribution in [0.5, 0.6) is 5.75 Å². The van der Waals surface area contributed by atoms with Crippen molar-refractivity contribution in [1.82, 2.24) is 4.90 Å². The Morgan fingerprint density at radius 3 is 2.77 bits per heavy atom. The van der Waals surface area contributed by atoms with E-state index in [0.717, 1.165) is 48.2 Å². The van der Waals surface area contributed by atoms with E-state index in [-0.39, 0.29) is 30.5 Å². The number of hydrogen-bond donors (Lipinski definition) is 1. The van der Waals surface area contributed by atoms with Crippen LogP contribution in [0.2, 0.25) is 0 Å². The molecule has 1 saturated heterocycles. The molecule has 0 bridgehead atoms. The van der Waals surface area contributed by atoms with Gasteiger partial charge < -0.3 is 19.3 Å². The molecule has 0 saturated carbocycles. The van der Waals surface area contributed by atoms with Crippen molar-refractivity contribution in [2.75, 3.05) is 32.9 Å². The summed E-state index contributed by atoms with van der Waals surface area (Å²) in [5.41, 5.74) is 3.59. The number of nitrogens with zero attached hydrogens (tertiary/aromatic N) is 1. The second kappa shape index (κ2) is 15.8. The number of aryl methyl sites for hydroxylation is 1. The summed E-state index contributed by atoms with van der Waals surface area (Å²) in [4.78, 5) is 13.9. The third-order valence-corrected chi connectivity index (χ3v) is 7.12. The molecule has 1 heterocycles. The molecule has 6 nitrogen and oxygen atoms in total. The zero-order valence-corrected chi connectivity index (χ0v) is 23.8.